The van der Waals surface area contributed by atoms with E-state index in [2.05, 4.69) is 15.5 Å². The number of aliphatic imine (C=N–C) groups is 1. The Labute approximate surface area is 89.7 Å². The van der Waals surface area contributed by atoms with E-state index in [0.29, 0.717) is 0 Å². The van der Waals surface area contributed by atoms with Crippen molar-refractivity contribution in [2.24, 2.45) is 10.1 Å². The summed E-state index contributed by atoms with van der Waals surface area (Å²) in [4.78, 5) is 3.78. The minimum absolute atomic E-state index is 0.845. The van der Waals surface area contributed by atoms with Crippen LogP contribution >= 0.6 is 0 Å². The fourth-order valence-corrected chi connectivity index (χ4v) is 1.10. The number of hydrazone groups is 1. The van der Waals surface area contributed by atoms with Gasteiger partial charge in [0.2, 0.25) is 0 Å². The zero-order chi connectivity index (χ0) is 11.1. The molecule has 0 atom stereocenters. The number of anilines is 1. The van der Waals surface area contributed by atoms with Crippen molar-refractivity contribution in [2.75, 3.05) is 19.6 Å². The fourth-order valence-electron chi connectivity index (χ4n) is 1.10. The van der Waals surface area contributed by atoms with Crippen LogP contribution in [0.15, 0.2) is 28.3 Å². The number of ether oxygens (including phenoxy) is 1. The lowest BCUT2D eigenvalue weighted by Gasteiger charge is -2.06. The molecule has 0 spiro atoms. The van der Waals surface area contributed by atoms with Crippen LogP contribution in [0, 0.1) is 6.92 Å². The van der Waals surface area contributed by atoms with Crippen molar-refractivity contribution in [1.29, 1.82) is 0 Å². The number of nitrogens with zero attached hydrogens (tertiary/aromatic N) is 2. The van der Waals surface area contributed by atoms with Crippen molar-refractivity contribution >= 4 is 18.1 Å². The van der Waals surface area contributed by atoms with E-state index in [1.165, 1.54) is 0 Å². The van der Waals surface area contributed by atoms with Crippen molar-refractivity contribution in [1.82, 2.24) is 0 Å². The van der Waals surface area contributed by atoms with Gasteiger partial charge in [0.1, 0.15) is 5.75 Å². The van der Waals surface area contributed by atoms with Crippen molar-refractivity contribution in [2.45, 2.75) is 6.92 Å². The minimum atomic E-state index is 0.845. The largest absolute Gasteiger partial charge is 0.497 e. The second kappa shape index (κ2) is 5.80. The molecule has 0 saturated carbocycles. The molecule has 0 saturated heterocycles. The van der Waals surface area contributed by atoms with Crippen molar-refractivity contribution in [3.8, 4) is 5.75 Å². The van der Waals surface area contributed by atoms with E-state index >= 15 is 0 Å². The van der Waals surface area contributed by atoms with E-state index in [4.69, 9.17) is 4.74 Å². The van der Waals surface area contributed by atoms with Gasteiger partial charge in [-0.2, -0.15) is 5.10 Å². The molecule has 0 aliphatic heterocycles. The second-order valence-corrected chi connectivity index (χ2v) is 2.98. The first-order valence-corrected chi connectivity index (χ1v) is 4.62. The van der Waals surface area contributed by atoms with Crippen LogP contribution in [-0.4, -0.2) is 26.6 Å². The van der Waals surface area contributed by atoms with E-state index in [0.717, 1.165) is 17.0 Å². The molecule has 0 aromatic heterocycles. The van der Waals surface area contributed by atoms with Crippen molar-refractivity contribution in [3.63, 3.8) is 0 Å². The maximum atomic E-state index is 5.11. The summed E-state index contributed by atoms with van der Waals surface area (Å²) in [6, 6.07) is 5.76. The maximum Gasteiger partial charge on any atom is 0.119 e. The van der Waals surface area contributed by atoms with E-state index in [1.807, 2.05) is 25.1 Å². The summed E-state index contributed by atoms with van der Waals surface area (Å²) in [5.41, 5.74) is 4.96. The van der Waals surface area contributed by atoms with Crippen molar-refractivity contribution < 1.29 is 4.74 Å². The lowest BCUT2D eigenvalue weighted by molar-refractivity contribution is 0.414. The maximum absolute atomic E-state index is 5.11. The highest BCUT2D eigenvalue weighted by Gasteiger charge is 1.97. The molecule has 1 N–H and O–H groups in total. The molecule has 15 heavy (non-hydrogen) atoms. The highest BCUT2D eigenvalue weighted by atomic mass is 16.5. The molecule has 0 fully saturated rings. The van der Waals surface area contributed by atoms with Crippen LogP contribution in [0.25, 0.3) is 0 Å². The third kappa shape index (κ3) is 3.42. The van der Waals surface area contributed by atoms with E-state index in [9.17, 15) is 0 Å². The third-order valence-corrected chi connectivity index (χ3v) is 1.91. The highest BCUT2D eigenvalue weighted by Crippen LogP contribution is 2.20. The molecule has 0 amide bonds. The molecule has 0 bridgehead atoms. The quantitative estimate of drug-likeness (QED) is 0.604. The van der Waals surface area contributed by atoms with E-state index in [1.54, 1.807) is 26.6 Å². The van der Waals surface area contributed by atoms with Gasteiger partial charge in [-0.1, -0.05) is 0 Å². The molecule has 1 rings (SSSR count). The highest BCUT2D eigenvalue weighted by molar-refractivity contribution is 6.16. The number of rotatable bonds is 4. The van der Waals surface area contributed by atoms with Crippen molar-refractivity contribution in [3.05, 3.63) is 23.8 Å². The number of hydrogen-bond acceptors (Lipinski definition) is 4. The van der Waals surface area contributed by atoms with Crippen LogP contribution in [0.5, 0.6) is 5.75 Å². The van der Waals surface area contributed by atoms with Gasteiger partial charge in [-0.3, -0.25) is 10.4 Å². The Morgan fingerprint density at radius 3 is 2.73 bits per heavy atom. The normalized spacial score (nSPS) is 11.1. The van der Waals surface area contributed by atoms with Gasteiger partial charge >= 0.3 is 0 Å². The summed E-state index contributed by atoms with van der Waals surface area (Å²) in [6.07, 6.45) is 3.22. The molecule has 4 heteroatoms. The zero-order valence-corrected chi connectivity index (χ0v) is 9.19. The Hall–Kier alpha value is -1.84. The minimum Gasteiger partial charge on any atom is -0.497 e. The molecule has 80 valence electrons. The second-order valence-electron chi connectivity index (χ2n) is 2.98. The average Bonchev–Trinajstić information content (AvgIpc) is 2.26. The van der Waals surface area contributed by atoms with Gasteiger partial charge in [0.05, 0.1) is 19.0 Å². The summed E-state index contributed by atoms with van der Waals surface area (Å²) in [5.74, 6) is 0.845. The zero-order valence-electron chi connectivity index (χ0n) is 9.19. The molecular formula is C11H15N3O. The van der Waals surface area contributed by atoms with Gasteiger partial charge in [0.15, 0.2) is 0 Å². The molecule has 0 aliphatic carbocycles. The predicted octanol–water partition coefficient (Wildman–Crippen LogP) is 2.10. The lowest BCUT2D eigenvalue weighted by atomic mass is 10.2. The van der Waals surface area contributed by atoms with Gasteiger partial charge in [-0.05, 0) is 30.7 Å². The molecule has 0 heterocycles. The lowest BCUT2D eigenvalue weighted by Crippen LogP contribution is -1.93. The Balaban J connectivity index is 2.70. The first-order valence-electron chi connectivity index (χ1n) is 4.62. The Morgan fingerprint density at radius 1 is 1.33 bits per heavy atom. The number of methoxy groups -OCH3 is 1. The Bertz CT molecular complexity index is 372. The summed E-state index contributed by atoms with van der Waals surface area (Å²) < 4.78 is 5.11. The van der Waals surface area contributed by atoms with Gasteiger partial charge < -0.3 is 4.74 Å². The topological polar surface area (TPSA) is 46.0 Å². The molecule has 0 radical (unpaired) electrons. The Kier molecular flexibility index (Phi) is 4.34. The first kappa shape index (κ1) is 11.2. The van der Waals surface area contributed by atoms with Gasteiger partial charge in [0.25, 0.3) is 0 Å². The van der Waals surface area contributed by atoms with Crippen LogP contribution in [0.2, 0.25) is 0 Å². The molecule has 4 nitrogen and oxygen atoms in total. The van der Waals surface area contributed by atoms with Gasteiger partial charge in [-0.15, -0.1) is 0 Å². The van der Waals surface area contributed by atoms with Crippen LogP contribution in [0.1, 0.15) is 5.56 Å². The van der Waals surface area contributed by atoms with Gasteiger partial charge in [-0.25, -0.2) is 0 Å². The molecular weight excluding hydrogens is 190 g/mol. The summed E-state index contributed by atoms with van der Waals surface area (Å²) in [7, 11) is 3.35. The molecule has 0 aliphatic rings. The number of hydrogen-bond donors (Lipinski definition) is 1. The number of aryl methyl sites for hydroxylation is 1. The first-order chi connectivity index (χ1) is 7.27. The smallest absolute Gasteiger partial charge is 0.119 e. The predicted molar refractivity (Wildman–Crippen MR) is 64.3 cm³/mol. The standard InChI is InChI=1S/C11H15N3O/c1-9-8-10(15-3)4-5-11(9)14-13-7-6-12-2/h4-8,14H,1-3H3/b12-6?,13-7-. The van der Waals surface area contributed by atoms with Crippen LogP contribution < -0.4 is 10.2 Å². The van der Waals surface area contributed by atoms with E-state index in [-0.39, 0.29) is 0 Å². The summed E-state index contributed by atoms with van der Waals surface area (Å²) >= 11 is 0. The van der Waals surface area contributed by atoms with Crippen LogP contribution in [-0.2, 0) is 0 Å². The van der Waals surface area contributed by atoms with Crippen LogP contribution in [0.3, 0.4) is 0 Å². The third-order valence-electron chi connectivity index (χ3n) is 1.91. The molecule has 1 aromatic rings. The Morgan fingerprint density at radius 2 is 2.13 bits per heavy atom. The molecule has 0 unspecified atom stereocenters. The summed E-state index contributed by atoms with van der Waals surface area (Å²) in [6.45, 7) is 1.99. The number of nitrogens with one attached hydrogen (secondary N) is 1. The van der Waals surface area contributed by atoms with Gasteiger partial charge in [0, 0.05) is 13.3 Å². The molecule has 1 aromatic carbocycles. The average molecular weight is 205 g/mol. The summed E-state index contributed by atoms with van der Waals surface area (Å²) in [5, 5.41) is 3.98. The SMILES string of the molecule is CN=C/C=N\Nc1ccc(OC)cc1C. The fraction of sp³-hybridized carbons (Fsp3) is 0.273. The van der Waals surface area contributed by atoms with E-state index < -0.39 is 0 Å². The number of benzene rings is 1. The van der Waals surface area contributed by atoms with Crippen LogP contribution in [0.4, 0.5) is 5.69 Å². The monoisotopic (exact) mass is 205 g/mol.